The standard InChI is InChI=1S/C10H5F7N2O3/c1-3(20)18-8-5(19(21)22)2-4(11)6(9(12,13)14)7(8)10(15,16)17/h2H,1H3,(H,18,20). The summed E-state index contributed by atoms with van der Waals surface area (Å²) >= 11 is 0. The molecule has 5 nitrogen and oxygen atoms in total. The van der Waals surface area contributed by atoms with Gasteiger partial charge in [0.25, 0.3) is 5.69 Å². The van der Waals surface area contributed by atoms with E-state index in [0.29, 0.717) is 6.92 Å². The maximum atomic E-state index is 13.4. The third kappa shape index (κ3) is 3.43. The summed E-state index contributed by atoms with van der Waals surface area (Å²) in [4.78, 5) is 19.9. The Labute approximate surface area is 116 Å². The Hall–Kier alpha value is -2.40. The van der Waals surface area contributed by atoms with Crippen molar-refractivity contribution in [3.8, 4) is 0 Å². The number of alkyl halides is 6. The van der Waals surface area contributed by atoms with Crippen LogP contribution in [0.2, 0.25) is 0 Å². The van der Waals surface area contributed by atoms with Crippen LogP contribution in [-0.2, 0) is 17.1 Å². The number of nitro benzene ring substituents is 1. The van der Waals surface area contributed by atoms with Gasteiger partial charge in [0.2, 0.25) is 5.91 Å². The summed E-state index contributed by atoms with van der Waals surface area (Å²) in [5.41, 5.74) is -8.82. The van der Waals surface area contributed by atoms with E-state index in [4.69, 9.17) is 0 Å². The van der Waals surface area contributed by atoms with Crippen LogP contribution in [0, 0.1) is 15.9 Å². The highest BCUT2D eigenvalue weighted by molar-refractivity contribution is 5.93. The molecule has 1 aromatic rings. The van der Waals surface area contributed by atoms with Crippen molar-refractivity contribution in [2.24, 2.45) is 0 Å². The number of nitro groups is 1. The molecular weight excluding hydrogens is 329 g/mol. The number of benzene rings is 1. The van der Waals surface area contributed by atoms with Crippen LogP contribution in [0.15, 0.2) is 6.07 Å². The molecule has 1 rings (SSSR count). The van der Waals surface area contributed by atoms with E-state index in [-0.39, 0.29) is 6.07 Å². The number of nitrogens with zero attached hydrogens (tertiary/aromatic N) is 1. The van der Waals surface area contributed by atoms with Crippen molar-refractivity contribution in [3.63, 3.8) is 0 Å². The molecule has 0 aromatic heterocycles. The highest BCUT2D eigenvalue weighted by Crippen LogP contribution is 2.48. The normalized spacial score (nSPS) is 12.2. The van der Waals surface area contributed by atoms with E-state index in [1.807, 2.05) is 0 Å². The lowest BCUT2D eigenvalue weighted by molar-refractivity contribution is -0.384. The minimum Gasteiger partial charge on any atom is -0.320 e. The largest absolute Gasteiger partial charge is 0.419 e. The molecule has 1 N–H and O–H groups in total. The van der Waals surface area contributed by atoms with Crippen LogP contribution in [0.1, 0.15) is 18.1 Å². The molecule has 22 heavy (non-hydrogen) atoms. The van der Waals surface area contributed by atoms with Gasteiger partial charge in [-0.2, -0.15) is 26.3 Å². The maximum absolute atomic E-state index is 13.4. The molecule has 0 atom stereocenters. The summed E-state index contributed by atoms with van der Waals surface area (Å²) in [5.74, 6) is -3.77. The van der Waals surface area contributed by atoms with Crippen molar-refractivity contribution >= 4 is 17.3 Å². The first-order valence-corrected chi connectivity index (χ1v) is 5.19. The second-order valence-electron chi connectivity index (χ2n) is 3.94. The van der Waals surface area contributed by atoms with Crippen LogP contribution >= 0.6 is 0 Å². The van der Waals surface area contributed by atoms with Crippen molar-refractivity contribution in [1.29, 1.82) is 0 Å². The van der Waals surface area contributed by atoms with Gasteiger partial charge in [-0.1, -0.05) is 0 Å². The smallest absolute Gasteiger partial charge is 0.320 e. The van der Waals surface area contributed by atoms with Crippen LogP contribution in [0.4, 0.5) is 42.1 Å². The molecule has 0 aliphatic rings. The van der Waals surface area contributed by atoms with Gasteiger partial charge in [-0.15, -0.1) is 0 Å². The van der Waals surface area contributed by atoms with Gasteiger partial charge in [0.05, 0.1) is 11.0 Å². The van der Waals surface area contributed by atoms with Crippen LogP contribution in [-0.4, -0.2) is 10.8 Å². The average molecular weight is 334 g/mol. The molecular formula is C10H5F7N2O3. The molecule has 0 fully saturated rings. The third-order valence-electron chi connectivity index (χ3n) is 2.32. The number of carbonyl (C=O) groups is 1. The lowest BCUT2D eigenvalue weighted by Gasteiger charge is -2.19. The molecule has 0 spiro atoms. The Kier molecular flexibility index (Phi) is 4.35. The minimum atomic E-state index is -5.80. The number of hydrogen-bond donors (Lipinski definition) is 1. The first-order chi connectivity index (χ1) is 9.76. The van der Waals surface area contributed by atoms with Gasteiger partial charge in [-0.25, -0.2) is 4.39 Å². The van der Waals surface area contributed by atoms with Gasteiger partial charge in [0, 0.05) is 6.92 Å². The van der Waals surface area contributed by atoms with Crippen molar-refractivity contribution in [3.05, 3.63) is 33.1 Å². The molecule has 0 heterocycles. The van der Waals surface area contributed by atoms with Gasteiger partial charge in [0.1, 0.15) is 22.6 Å². The second kappa shape index (κ2) is 5.42. The predicted molar refractivity (Wildman–Crippen MR) is 57.4 cm³/mol. The van der Waals surface area contributed by atoms with E-state index in [1.165, 1.54) is 5.32 Å². The molecule has 1 aromatic carbocycles. The fourth-order valence-corrected chi connectivity index (χ4v) is 1.64. The molecule has 0 aliphatic carbocycles. The van der Waals surface area contributed by atoms with E-state index in [1.54, 1.807) is 0 Å². The highest BCUT2D eigenvalue weighted by Gasteiger charge is 2.50. The topological polar surface area (TPSA) is 72.2 Å². The summed E-state index contributed by atoms with van der Waals surface area (Å²) in [5, 5.41) is 11.9. The molecule has 1 amide bonds. The van der Waals surface area contributed by atoms with Crippen LogP contribution < -0.4 is 5.32 Å². The van der Waals surface area contributed by atoms with Crippen LogP contribution in [0.25, 0.3) is 0 Å². The van der Waals surface area contributed by atoms with Gasteiger partial charge in [-0.05, 0) is 0 Å². The zero-order valence-electron chi connectivity index (χ0n) is 10.4. The molecule has 0 saturated carbocycles. The van der Waals surface area contributed by atoms with E-state index < -0.39 is 51.5 Å². The molecule has 0 saturated heterocycles. The van der Waals surface area contributed by atoms with E-state index >= 15 is 0 Å². The number of anilines is 1. The van der Waals surface area contributed by atoms with E-state index in [2.05, 4.69) is 0 Å². The third-order valence-corrected chi connectivity index (χ3v) is 2.32. The number of carbonyl (C=O) groups excluding carboxylic acids is 1. The van der Waals surface area contributed by atoms with E-state index in [0.717, 1.165) is 0 Å². The van der Waals surface area contributed by atoms with Crippen molar-refractivity contribution in [1.82, 2.24) is 0 Å². The monoisotopic (exact) mass is 334 g/mol. The predicted octanol–water partition coefficient (Wildman–Crippen LogP) is 3.73. The number of hydrogen-bond acceptors (Lipinski definition) is 3. The van der Waals surface area contributed by atoms with Crippen LogP contribution in [0.5, 0.6) is 0 Å². The molecule has 122 valence electrons. The summed E-state index contributed by atoms with van der Waals surface area (Å²) in [6, 6.07) is -0.330. The SMILES string of the molecule is CC(=O)Nc1c([N+](=O)[O-])cc(F)c(C(F)(F)F)c1C(F)(F)F. The summed E-state index contributed by atoms with van der Waals surface area (Å²) in [6.45, 7) is 0.625. The first-order valence-electron chi connectivity index (χ1n) is 5.19. The van der Waals surface area contributed by atoms with Gasteiger partial charge >= 0.3 is 12.4 Å². The second-order valence-corrected chi connectivity index (χ2v) is 3.94. The zero-order chi connectivity index (χ0) is 17.5. The van der Waals surface area contributed by atoms with Gasteiger partial charge in [-0.3, -0.25) is 14.9 Å². The number of rotatable bonds is 2. The Bertz CT molecular complexity index is 637. The molecule has 0 bridgehead atoms. The van der Waals surface area contributed by atoms with Gasteiger partial charge in [0.15, 0.2) is 0 Å². The summed E-state index contributed by atoms with van der Waals surface area (Å²) in [6.07, 6.45) is -11.6. The fourth-order valence-electron chi connectivity index (χ4n) is 1.64. The Morgan fingerprint density at radius 1 is 1.14 bits per heavy atom. The van der Waals surface area contributed by atoms with Crippen molar-refractivity contribution < 1.29 is 40.5 Å². The summed E-state index contributed by atoms with van der Waals surface area (Å²) in [7, 11) is 0. The van der Waals surface area contributed by atoms with Crippen LogP contribution in [0.3, 0.4) is 0 Å². The Balaban J connectivity index is 3.98. The highest BCUT2D eigenvalue weighted by atomic mass is 19.4. The maximum Gasteiger partial charge on any atom is 0.419 e. The fraction of sp³-hybridized carbons (Fsp3) is 0.300. The number of halogens is 7. The zero-order valence-corrected chi connectivity index (χ0v) is 10.4. The number of nitrogens with one attached hydrogen (secondary N) is 1. The van der Waals surface area contributed by atoms with Crippen molar-refractivity contribution in [2.45, 2.75) is 19.3 Å². The number of amides is 1. The quantitative estimate of drug-likeness (QED) is 0.509. The molecule has 0 unspecified atom stereocenters. The minimum absolute atomic E-state index is 0.330. The Morgan fingerprint density at radius 3 is 1.91 bits per heavy atom. The average Bonchev–Trinajstić information content (AvgIpc) is 2.26. The Morgan fingerprint density at radius 2 is 1.59 bits per heavy atom. The lowest BCUT2D eigenvalue weighted by Crippen LogP contribution is -2.23. The molecule has 12 heteroatoms. The van der Waals surface area contributed by atoms with Crippen molar-refractivity contribution in [2.75, 3.05) is 5.32 Å². The van der Waals surface area contributed by atoms with E-state index in [9.17, 15) is 45.6 Å². The first kappa shape index (κ1) is 17.7. The molecule has 0 aliphatic heterocycles. The summed E-state index contributed by atoms with van der Waals surface area (Å²) < 4.78 is 90.0. The lowest BCUT2D eigenvalue weighted by atomic mass is 10.0. The van der Waals surface area contributed by atoms with Gasteiger partial charge < -0.3 is 5.32 Å². The molecule has 0 radical (unpaired) electrons.